The molecule has 1 aromatic rings. The second kappa shape index (κ2) is 7.21. The summed E-state index contributed by atoms with van der Waals surface area (Å²) in [4.78, 5) is 26.7. The Kier molecular flexibility index (Phi) is 5.63. The third-order valence-corrected chi connectivity index (χ3v) is 4.84. The van der Waals surface area contributed by atoms with Crippen molar-refractivity contribution in [3.63, 3.8) is 0 Å². The van der Waals surface area contributed by atoms with Gasteiger partial charge in [0, 0.05) is 12.0 Å². The molecular weight excluding hydrogens is 325 g/mol. The molecule has 1 N–H and O–H groups in total. The van der Waals surface area contributed by atoms with Crippen LogP contribution in [0.4, 0.5) is 0 Å². The van der Waals surface area contributed by atoms with Gasteiger partial charge in [0.1, 0.15) is 5.69 Å². The van der Waals surface area contributed by atoms with Crippen LogP contribution in [0.15, 0.2) is 12.3 Å². The van der Waals surface area contributed by atoms with Gasteiger partial charge in [-0.15, -0.1) is 0 Å². The first-order valence-electron chi connectivity index (χ1n) is 8.39. The van der Waals surface area contributed by atoms with E-state index >= 15 is 0 Å². The molecular formula is C17H26BNO6. The highest BCUT2D eigenvalue weighted by Gasteiger charge is 2.54. The molecule has 0 radical (unpaired) electrons. The van der Waals surface area contributed by atoms with E-state index < -0.39 is 30.1 Å². The molecule has 2 rings (SSSR count). The number of carbonyl (C=O) groups is 2. The fourth-order valence-corrected chi connectivity index (χ4v) is 2.64. The van der Waals surface area contributed by atoms with E-state index in [1.54, 1.807) is 19.2 Å². The minimum absolute atomic E-state index is 0.0768. The maximum Gasteiger partial charge on any atom is 0.466 e. The molecule has 1 aliphatic rings. The van der Waals surface area contributed by atoms with E-state index in [0.29, 0.717) is 5.69 Å². The van der Waals surface area contributed by atoms with E-state index in [2.05, 4.69) is 4.98 Å². The Labute approximate surface area is 148 Å². The zero-order chi connectivity index (χ0) is 18.8. The first-order valence-corrected chi connectivity index (χ1v) is 8.39. The molecule has 1 aromatic heterocycles. The Morgan fingerprint density at radius 3 is 2.36 bits per heavy atom. The third kappa shape index (κ3) is 4.07. The van der Waals surface area contributed by atoms with E-state index in [1.807, 2.05) is 27.7 Å². The van der Waals surface area contributed by atoms with Crippen molar-refractivity contribution in [3.05, 3.63) is 23.5 Å². The number of ether oxygens (including phenoxy) is 2. The molecule has 1 saturated heterocycles. The molecule has 1 atom stereocenters. The van der Waals surface area contributed by atoms with Crippen LogP contribution in [0.2, 0.25) is 0 Å². The average molecular weight is 351 g/mol. The molecule has 0 bridgehead atoms. The molecule has 0 amide bonds. The number of nitrogens with one attached hydrogen (secondary N) is 1. The number of hydrogen-bond donors (Lipinski definition) is 1. The number of H-pyrrole nitrogens is 1. The monoisotopic (exact) mass is 351 g/mol. The largest absolute Gasteiger partial charge is 0.469 e. The highest BCUT2D eigenvalue weighted by atomic mass is 16.7. The Morgan fingerprint density at radius 1 is 1.24 bits per heavy atom. The summed E-state index contributed by atoms with van der Waals surface area (Å²) in [6, 6.07) is 1.66. The van der Waals surface area contributed by atoms with E-state index in [9.17, 15) is 9.59 Å². The Bertz CT molecular complexity index is 623. The normalized spacial score (nSPS) is 19.5. The fourth-order valence-electron chi connectivity index (χ4n) is 2.64. The molecule has 2 heterocycles. The van der Waals surface area contributed by atoms with E-state index in [-0.39, 0.29) is 19.0 Å². The van der Waals surface area contributed by atoms with Crippen molar-refractivity contribution in [2.75, 3.05) is 13.7 Å². The SMILES string of the molecule is CCOC(=O)c1cc(C(CC(=O)OC)B2OC(C)(C)C(C)(C)O2)c[nH]1. The smallest absolute Gasteiger partial charge is 0.466 e. The summed E-state index contributed by atoms with van der Waals surface area (Å²) in [5, 5.41) is 0. The van der Waals surface area contributed by atoms with Crippen molar-refractivity contribution in [3.8, 4) is 0 Å². The first-order chi connectivity index (χ1) is 11.6. The van der Waals surface area contributed by atoms with Crippen molar-refractivity contribution >= 4 is 19.1 Å². The zero-order valence-electron chi connectivity index (χ0n) is 15.7. The standard InChI is InChI=1S/C17H26BNO6/c1-7-23-15(21)13-8-11(10-19-13)12(9-14(20)22-6)18-24-16(2,3)17(4,5)25-18/h8,10,12,19H,7,9H2,1-6H3. The van der Waals surface area contributed by atoms with Crippen molar-refractivity contribution < 1.29 is 28.4 Å². The second-order valence-electron chi connectivity index (χ2n) is 7.08. The van der Waals surface area contributed by atoms with Crippen LogP contribution in [0, 0.1) is 0 Å². The summed E-state index contributed by atoms with van der Waals surface area (Å²) in [7, 11) is 0.708. The molecule has 0 saturated carbocycles. The average Bonchev–Trinajstić information content (AvgIpc) is 3.08. The number of aromatic amines is 1. The lowest BCUT2D eigenvalue weighted by Crippen LogP contribution is -2.41. The summed E-state index contributed by atoms with van der Waals surface area (Å²) in [6.45, 7) is 9.82. The number of carbonyl (C=O) groups excluding carboxylic acids is 2. The van der Waals surface area contributed by atoms with Gasteiger partial charge >= 0.3 is 19.1 Å². The highest BCUT2D eigenvalue weighted by Crippen LogP contribution is 2.41. The molecule has 0 spiro atoms. The lowest BCUT2D eigenvalue weighted by molar-refractivity contribution is -0.140. The summed E-state index contributed by atoms with van der Waals surface area (Å²) in [5.74, 6) is -1.23. The summed E-state index contributed by atoms with van der Waals surface area (Å²) in [5.41, 5.74) is 0.00807. The van der Waals surface area contributed by atoms with Crippen LogP contribution in [0.1, 0.15) is 62.9 Å². The van der Waals surface area contributed by atoms with Crippen LogP contribution < -0.4 is 0 Å². The molecule has 1 fully saturated rings. The van der Waals surface area contributed by atoms with E-state index in [1.165, 1.54) is 7.11 Å². The predicted molar refractivity (Wildman–Crippen MR) is 92.2 cm³/mol. The van der Waals surface area contributed by atoms with Gasteiger partial charge in [0.05, 0.1) is 31.3 Å². The number of hydrogen-bond acceptors (Lipinski definition) is 6. The van der Waals surface area contributed by atoms with Crippen molar-refractivity contribution in [1.82, 2.24) is 4.98 Å². The summed E-state index contributed by atoms with van der Waals surface area (Å²) in [6.07, 6.45) is 1.75. The first kappa shape index (κ1) is 19.5. The minimum atomic E-state index is -0.630. The Hall–Kier alpha value is -1.80. The van der Waals surface area contributed by atoms with Crippen LogP contribution in [0.25, 0.3) is 0 Å². The van der Waals surface area contributed by atoms with Crippen LogP contribution in [0.3, 0.4) is 0 Å². The molecule has 0 aromatic carbocycles. The lowest BCUT2D eigenvalue weighted by Gasteiger charge is -2.32. The molecule has 0 aliphatic carbocycles. The Balaban J connectivity index is 2.28. The van der Waals surface area contributed by atoms with E-state index in [0.717, 1.165) is 5.56 Å². The van der Waals surface area contributed by atoms with Crippen molar-refractivity contribution in [1.29, 1.82) is 0 Å². The number of aromatic nitrogens is 1. The number of methoxy groups -OCH3 is 1. The van der Waals surface area contributed by atoms with Gasteiger partial charge in [-0.3, -0.25) is 4.79 Å². The maximum atomic E-state index is 11.9. The molecule has 25 heavy (non-hydrogen) atoms. The minimum Gasteiger partial charge on any atom is -0.469 e. The predicted octanol–water partition coefficient (Wildman–Crippen LogP) is 2.47. The van der Waals surface area contributed by atoms with Crippen molar-refractivity contribution in [2.45, 2.75) is 58.1 Å². The fraction of sp³-hybridized carbons (Fsp3) is 0.647. The maximum absolute atomic E-state index is 11.9. The molecule has 1 aliphatic heterocycles. The van der Waals surface area contributed by atoms with Gasteiger partial charge in [0.2, 0.25) is 0 Å². The van der Waals surface area contributed by atoms with Gasteiger partial charge in [0.15, 0.2) is 0 Å². The van der Waals surface area contributed by atoms with Crippen LogP contribution >= 0.6 is 0 Å². The van der Waals surface area contributed by atoms with Gasteiger partial charge in [-0.25, -0.2) is 4.79 Å². The van der Waals surface area contributed by atoms with Gasteiger partial charge in [-0.2, -0.15) is 0 Å². The number of rotatable bonds is 6. The van der Waals surface area contributed by atoms with Crippen LogP contribution in [-0.2, 0) is 23.6 Å². The van der Waals surface area contributed by atoms with Crippen LogP contribution in [0.5, 0.6) is 0 Å². The van der Waals surface area contributed by atoms with Gasteiger partial charge < -0.3 is 23.8 Å². The lowest BCUT2D eigenvalue weighted by atomic mass is 9.66. The highest BCUT2D eigenvalue weighted by molar-refractivity contribution is 6.48. The zero-order valence-corrected chi connectivity index (χ0v) is 15.7. The summed E-state index contributed by atoms with van der Waals surface area (Å²) >= 11 is 0. The molecule has 1 unspecified atom stereocenters. The van der Waals surface area contributed by atoms with Gasteiger partial charge in [0.25, 0.3) is 0 Å². The molecule has 138 valence electrons. The number of esters is 2. The second-order valence-corrected chi connectivity index (χ2v) is 7.08. The summed E-state index contributed by atoms with van der Waals surface area (Å²) < 4.78 is 22.0. The third-order valence-electron chi connectivity index (χ3n) is 4.84. The molecule has 8 heteroatoms. The molecule has 7 nitrogen and oxygen atoms in total. The van der Waals surface area contributed by atoms with Gasteiger partial charge in [-0.1, -0.05) is 0 Å². The van der Waals surface area contributed by atoms with Crippen molar-refractivity contribution in [2.24, 2.45) is 0 Å². The van der Waals surface area contributed by atoms with E-state index in [4.69, 9.17) is 18.8 Å². The Morgan fingerprint density at radius 2 is 1.84 bits per heavy atom. The topological polar surface area (TPSA) is 86.9 Å². The van der Waals surface area contributed by atoms with Gasteiger partial charge in [-0.05, 0) is 46.2 Å². The van der Waals surface area contributed by atoms with Crippen LogP contribution in [-0.4, -0.2) is 49.0 Å². The quantitative estimate of drug-likeness (QED) is 0.626.